The highest BCUT2D eigenvalue weighted by Crippen LogP contribution is 2.37. The first-order chi connectivity index (χ1) is 10.0. The van der Waals surface area contributed by atoms with Crippen molar-refractivity contribution in [3.63, 3.8) is 0 Å². The number of rotatable bonds is 5. The van der Waals surface area contributed by atoms with E-state index in [0.717, 1.165) is 6.42 Å². The van der Waals surface area contributed by atoms with Crippen LogP contribution in [0.5, 0.6) is 0 Å². The topological polar surface area (TPSA) is 81.0 Å². The molecule has 0 bridgehead atoms. The van der Waals surface area contributed by atoms with Gasteiger partial charge in [-0.25, -0.2) is 9.97 Å². The highest BCUT2D eigenvalue weighted by Gasteiger charge is 2.25. The summed E-state index contributed by atoms with van der Waals surface area (Å²) in [4.78, 5) is 18.8. The molecule has 6 nitrogen and oxygen atoms in total. The standard InChI is InChI=1S/C13H12Cl2N4O2/c1-2-5-16-13-12(19(20)21)11(17-7-18-13)9-6-8(14)3-4-10(9)15/h3-4,6-7H,2,5H2,1H3,(H,16,17,18). The molecule has 110 valence electrons. The molecule has 1 aromatic heterocycles. The van der Waals surface area contributed by atoms with Crippen LogP contribution in [0.4, 0.5) is 11.5 Å². The normalized spacial score (nSPS) is 10.4. The quantitative estimate of drug-likeness (QED) is 0.658. The molecule has 0 saturated carbocycles. The van der Waals surface area contributed by atoms with E-state index < -0.39 is 4.92 Å². The molecule has 0 unspecified atom stereocenters. The molecule has 21 heavy (non-hydrogen) atoms. The Balaban J connectivity index is 2.62. The van der Waals surface area contributed by atoms with Crippen LogP contribution in [0.2, 0.25) is 10.0 Å². The van der Waals surface area contributed by atoms with Crippen molar-refractivity contribution in [1.82, 2.24) is 9.97 Å². The van der Waals surface area contributed by atoms with Gasteiger partial charge in [0, 0.05) is 17.1 Å². The molecule has 2 aromatic rings. The molecule has 8 heteroatoms. The van der Waals surface area contributed by atoms with Gasteiger partial charge in [-0.15, -0.1) is 0 Å². The maximum Gasteiger partial charge on any atom is 0.337 e. The first kappa shape index (κ1) is 15.5. The highest BCUT2D eigenvalue weighted by atomic mass is 35.5. The molecule has 0 atom stereocenters. The van der Waals surface area contributed by atoms with Gasteiger partial charge in [-0.1, -0.05) is 30.1 Å². The van der Waals surface area contributed by atoms with Crippen LogP contribution in [0.25, 0.3) is 11.3 Å². The molecule has 0 radical (unpaired) electrons. The van der Waals surface area contributed by atoms with Gasteiger partial charge in [-0.2, -0.15) is 0 Å². The third kappa shape index (κ3) is 3.40. The summed E-state index contributed by atoms with van der Waals surface area (Å²) in [7, 11) is 0. The summed E-state index contributed by atoms with van der Waals surface area (Å²) in [5.74, 6) is 0.169. The van der Waals surface area contributed by atoms with Crippen molar-refractivity contribution < 1.29 is 4.92 Å². The molecule has 0 aliphatic rings. The summed E-state index contributed by atoms with van der Waals surface area (Å²) in [6.45, 7) is 2.52. The predicted octanol–water partition coefficient (Wildman–Crippen LogP) is 4.18. The zero-order valence-electron chi connectivity index (χ0n) is 11.1. The fraction of sp³-hybridized carbons (Fsp3) is 0.231. The monoisotopic (exact) mass is 326 g/mol. The number of nitrogens with one attached hydrogen (secondary N) is 1. The number of nitrogens with zero attached hydrogens (tertiary/aromatic N) is 3. The lowest BCUT2D eigenvalue weighted by Crippen LogP contribution is -2.07. The van der Waals surface area contributed by atoms with Gasteiger partial charge in [0.25, 0.3) is 0 Å². The van der Waals surface area contributed by atoms with E-state index in [1.165, 1.54) is 6.33 Å². The van der Waals surface area contributed by atoms with Crippen molar-refractivity contribution in [3.8, 4) is 11.3 Å². The molecule has 0 fully saturated rings. The molecule has 0 aliphatic heterocycles. The first-order valence-corrected chi connectivity index (χ1v) is 6.98. The zero-order valence-corrected chi connectivity index (χ0v) is 12.6. The van der Waals surface area contributed by atoms with Gasteiger partial charge in [0.15, 0.2) is 5.69 Å². The van der Waals surface area contributed by atoms with Gasteiger partial charge in [-0.3, -0.25) is 10.1 Å². The van der Waals surface area contributed by atoms with E-state index in [0.29, 0.717) is 22.2 Å². The Morgan fingerprint density at radius 3 is 2.76 bits per heavy atom. The van der Waals surface area contributed by atoms with Crippen LogP contribution < -0.4 is 5.32 Å². The Morgan fingerprint density at radius 2 is 2.10 bits per heavy atom. The second-order valence-electron chi connectivity index (χ2n) is 4.23. The summed E-state index contributed by atoms with van der Waals surface area (Å²) in [6, 6.07) is 4.73. The number of benzene rings is 1. The van der Waals surface area contributed by atoms with E-state index in [-0.39, 0.29) is 17.2 Å². The summed E-state index contributed by atoms with van der Waals surface area (Å²) >= 11 is 12.0. The van der Waals surface area contributed by atoms with Gasteiger partial charge < -0.3 is 5.32 Å². The molecule has 2 rings (SSSR count). The molecule has 1 heterocycles. The van der Waals surface area contributed by atoms with E-state index in [1.54, 1.807) is 18.2 Å². The lowest BCUT2D eigenvalue weighted by Gasteiger charge is -2.09. The lowest BCUT2D eigenvalue weighted by atomic mass is 10.1. The van der Waals surface area contributed by atoms with Gasteiger partial charge >= 0.3 is 5.69 Å². The largest absolute Gasteiger partial charge is 0.364 e. The predicted molar refractivity (Wildman–Crippen MR) is 82.9 cm³/mol. The Morgan fingerprint density at radius 1 is 1.33 bits per heavy atom. The van der Waals surface area contributed by atoms with Crippen LogP contribution in [0, 0.1) is 10.1 Å². The van der Waals surface area contributed by atoms with E-state index in [9.17, 15) is 10.1 Å². The van der Waals surface area contributed by atoms with Crippen molar-refractivity contribution in [2.24, 2.45) is 0 Å². The average Bonchev–Trinajstić information content (AvgIpc) is 2.47. The molecule has 1 N–H and O–H groups in total. The average molecular weight is 327 g/mol. The minimum absolute atomic E-state index is 0.140. The van der Waals surface area contributed by atoms with Gasteiger partial charge in [0.05, 0.1) is 9.95 Å². The fourth-order valence-corrected chi connectivity index (χ4v) is 2.18. The number of anilines is 1. The SMILES string of the molecule is CCCNc1ncnc(-c2cc(Cl)ccc2Cl)c1[N+](=O)[O-]. The zero-order chi connectivity index (χ0) is 15.4. The van der Waals surface area contributed by atoms with Crippen LogP contribution in [0.15, 0.2) is 24.5 Å². The molecule has 1 aromatic carbocycles. The lowest BCUT2D eigenvalue weighted by molar-refractivity contribution is -0.383. The highest BCUT2D eigenvalue weighted by molar-refractivity contribution is 6.35. The van der Waals surface area contributed by atoms with E-state index >= 15 is 0 Å². The van der Waals surface area contributed by atoms with Gasteiger partial charge in [-0.05, 0) is 24.6 Å². The molecule has 0 spiro atoms. The van der Waals surface area contributed by atoms with Crippen molar-refractivity contribution in [2.45, 2.75) is 13.3 Å². The number of hydrogen-bond donors (Lipinski definition) is 1. The molecule has 0 amide bonds. The number of nitro groups is 1. The molecular formula is C13H12Cl2N4O2. The first-order valence-electron chi connectivity index (χ1n) is 6.23. The second-order valence-corrected chi connectivity index (χ2v) is 5.07. The van der Waals surface area contributed by atoms with E-state index in [4.69, 9.17) is 23.2 Å². The number of halogens is 2. The Kier molecular flexibility index (Phi) is 4.93. The molecule has 0 saturated heterocycles. The number of aromatic nitrogens is 2. The molecule has 0 aliphatic carbocycles. The Bertz CT molecular complexity index is 679. The van der Waals surface area contributed by atoms with E-state index in [2.05, 4.69) is 15.3 Å². The minimum Gasteiger partial charge on any atom is -0.364 e. The summed E-state index contributed by atoms with van der Waals surface area (Å²) < 4.78 is 0. The molecular weight excluding hydrogens is 315 g/mol. The summed E-state index contributed by atoms with van der Waals surface area (Å²) in [5.41, 5.74) is 0.328. The maximum absolute atomic E-state index is 11.4. The van der Waals surface area contributed by atoms with Gasteiger partial charge in [0.2, 0.25) is 5.82 Å². The summed E-state index contributed by atoms with van der Waals surface area (Å²) in [6.07, 6.45) is 2.08. The summed E-state index contributed by atoms with van der Waals surface area (Å²) in [5, 5.41) is 15.1. The smallest absolute Gasteiger partial charge is 0.337 e. The van der Waals surface area contributed by atoms with Crippen molar-refractivity contribution in [1.29, 1.82) is 0 Å². The van der Waals surface area contributed by atoms with Crippen molar-refractivity contribution in [2.75, 3.05) is 11.9 Å². The third-order valence-electron chi connectivity index (χ3n) is 2.73. The Labute approximate surface area is 131 Å². The van der Waals surface area contributed by atoms with Crippen LogP contribution >= 0.6 is 23.2 Å². The van der Waals surface area contributed by atoms with Crippen LogP contribution in [0.1, 0.15) is 13.3 Å². The maximum atomic E-state index is 11.4. The Hall–Kier alpha value is -1.92. The third-order valence-corrected chi connectivity index (χ3v) is 3.30. The van der Waals surface area contributed by atoms with Crippen molar-refractivity contribution in [3.05, 3.63) is 44.7 Å². The van der Waals surface area contributed by atoms with Gasteiger partial charge in [0.1, 0.15) is 6.33 Å². The fourth-order valence-electron chi connectivity index (χ4n) is 1.80. The van der Waals surface area contributed by atoms with Crippen LogP contribution in [-0.2, 0) is 0 Å². The van der Waals surface area contributed by atoms with Crippen molar-refractivity contribution >= 4 is 34.7 Å². The van der Waals surface area contributed by atoms with Crippen LogP contribution in [-0.4, -0.2) is 21.4 Å². The van der Waals surface area contributed by atoms with E-state index in [1.807, 2.05) is 6.92 Å². The number of hydrogen-bond acceptors (Lipinski definition) is 5. The van der Waals surface area contributed by atoms with Crippen LogP contribution in [0.3, 0.4) is 0 Å². The minimum atomic E-state index is -0.523. The second kappa shape index (κ2) is 6.69.